The maximum absolute atomic E-state index is 13.7. The number of aromatic amines is 1. The van der Waals surface area contributed by atoms with E-state index in [1.165, 1.54) is 12.0 Å². The molecule has 2 saturated heterocycles. The van der Waals surface area contributed by atoms with Gasteiger partial charge in [-0.2, -0.15) is 0 Å². The Balaban J connectivity index is 1.33. The van der Waals surface area contributed by atoms with E-state index in [4.69, 9.17) is 4.74 Å². The molecule has 0 saturated carbocycles. The first kappa shape index (κ1) is 18.9. The van der Waals surface area contributed by atoms with Gasteiger partial charge in [0.2, 0.25) is 0 Å². The number of carbonyl (C=O) groups excluding carboxylic acids is 1. The Morgan fingerprint density at radius 2 is 2.06 bits per heavy atom. The molecule has 6 nitrogen and oxygen atoms in total. The van der Waals surface area contributed by atoms with Gasteiger partial charge in [-0.3, -0.25) is 9.69 Å². The zero-order valence-electron chi connectivity index (χ0n) is 17.9. The fraction of sp³-hybridized carbons (Fsp3) is 0.400. The summed E-state index contributed by atoms with van der Waals surface area (Å²) in [5.74, 6) is 0.826. The van der Waals surface area contributed by atoms with E-state index >= 15 is 0 Å². The Morgan fingerprint density at radius 3 is 2.90 bits per heavy atom. The van der Waals surface area contributed by atoms with Gasteiger partial charge in [-0.1, -0.05) is 18.2 Å². The highest BCUT2D eigenvalue weighted by atomic mass is 16.5. The number of fused-ring (bicyclic) bond motifs is 3. The van der Waals surface area contributed by atoms with E-state index in [9.17, 15) is 4.79 Å². The second kappa shape index (κ2) is 7.11. The molecule has 1 unspecified atom stereocenters. The third-order valence-electron chi connectivity index (χ3n) is 7.47. The number of para-hydroxylation sites is 1. The second-order valence-electron chi connectivity index (χ2n) is 9.19. The zero-order chi connectivity index (χ0) is 21.0. The van der Waals surface area contributed by atoms with Gasteiger partial charge in [0.1, 0.15) is 11.4 Å². The van der Waals surface area contributed by atoms with E-state index in [2.05, 4.69) is 33.4 Å². The lowest BCUT2D eigenvalue weighted by Gasteiger charge is -2.28. The number of rotatable bonds is 3. The SMILES string of the molecule is COc1ccc2cc(C(=O)N3C[C@]4(CCN(C5CCNC5)C4)c4ccccc43)[nH]c2c1. The summed E-state index contributed by atoms with van der Waals surface area (Å²) in [6.45, 7) is 5.08. The summed E-state index contributed by atoms with van der Waals surface area (Å²) in [7, 11) is 1.66. The molecule has 1 aromatic heterocycles. The average Bonchev–Trinajstić information content (AvgIpc) is 3.59. The number of aromatic nitrogens is 1. The highest BCUT2D eigenvalue weighted by molar-refractivity contribution is 6.09. The smallest absolute Gasteiger partial charge is 0.274 e. The van der Waals surface area contributed by atoms with Crippen LogP contribution in [0.3, 0.4) is 0 Å². The predicted molar refractivity (Wildman–Crippen MR) is 122 cm³/mol. The molecule has 2 atom stereocenters. The molecule has 0 aliphatic carbocycles. The normalized spacial score (nSPS) is 25.6. The van der Waals surface area contributed by atoms with Crippen LogP contribution in [0.2, 0.25) is 0 Å². The van der Waals surface area contributed by atoms with E-state index in [0.29, 0.717) is 11.7 Å². The molecule has 0 bridgehead atoms. The number of likely N-dealkylation sites (tertiary alicyclic amines) is 1. The summed E-state index contributed by atoms with van der Waals surface area (Å²) in [6.07, 6.45) is 2.33. The van der Waals surface area contributed by atoms with Gasteiger partial charge in [-0.25, -0.2) is 0 Å². The van der Waals surface area contributed by atoms with E-state index in [1.54, 1.807) is 7.11 Å². The average molecular weight is 417 g/mol. The molecule has 4 heterocycles. The maximum Gasteiger partial charge on any atom is 0.274 e. The molecule has 3 aliphatic rings. The summed E-state index contributed by atoms with van der Waals surface area (Å²) in [6, 6.07) is 16.9. The molecule has 6 rings (SSSR count). The Labute approximate surface area is 182 Å². The van der Waals surface area contributed by atoms with E-state index < -0.39 is 0 Å². The summed E-state index contributed by atoms with van der Waals surface area (Å²) in [5.41, 5.74) is 3.98. The van der Waals surface area contributed by atoms with Crippen LogP contribution in [0.1, 0.15) is 28.9 Å². The number of nitrogens with one attached hydrogen (secondary N) is 2. The zero-order valence-corrected chi connectivity index (χ0v) is 17.9. The molecular weight excluding hydrogens is 388 g/mol. The quantitative estimate of drug-likeness (QED) is 0.689. The van der Waals surface area contributed by atoms with Crippen molar-refractivity contribution in [1.82, 2.24) is 15.2 Å². The third kappa shape index (κ3) is 2.97. The fourth-order valence-electron chi connectivity index (χ4n) is 5.82. The molecule has 2 aromatic carbocycles. The molecule has 1 spiro atoms. The summed E-state index contributed by atoms with van der Waals surface area (Å²) >= 11 is 0. The van der Waals surface area contributed by atoms with Crippen molar-refractivity contribution in [1.29, 1.82) is 0 Å². The Morgan fingerprint density at radius 1 is 1.16 bits per heavy atom. The molecule has 0 radical (unpaired) electrons. The van der Waals surface area contributed by atoms with Gasteiger partial charge in [0.15, 0.2) is 0 Å². The van der Waals surface area contributed by atoms with E-state index in [-0.39, 0.29) is 11.3 Å². The molecule has 2 N–H and O–H groups in total. The number of hydrogen-bond donors (Lipinski definition) is 2. The fourth-order valence-corrected chi connectivity index (χ4v) is 5.82. The van der Waals surface area contributed by atoms with Crippen LogP contribution < -0.4 is 15.0 Å². The van der Waals surface area contributed by atoms with Crippen molar-refractivity contribution in [3.8, 4) is 5.75 Å². The number of methoxy groups -OCH3 is 1. The van der Waals surface area contributed by atoms with Crippen molar-refractivity contribution >= 4 is 22.5 Å². The third-order valence-corrected chi connectivity index (χ3v) is 7.47. The van der Waals surface area contributed by atoms with Crippen LogP contribution in [0, 0.1) is 0 Å². The van der Waals surface area contributed by atoms with Crippen LogP contribution in [0.15, 0.2) is 48.5 Å². The molecule has 160 valence electrons. The van der Waals surface area contributed by atoms with Gasteiger partial charge in [0, 0.05) is 53.7 Å². The topological polar surface area (TPSA) is 60.6 Å². The van der Waals surface area contributed by atoms with Gasteiger partial charge >= 0.3 is 0 Å². The molecule has 1 amide bonds. The van der Waals surface area contributed by atoms with Crippen LogP contribution >= 0.6 is 0 Å². The van der Waals surface area contributed by atoms with E-state index in [1.807, 2.05) is 35.2 Å². The van der Waals surface area contributed by atoms with Crippen molar-refractivity contribution in [3.63, 3.8) is 0 Å². The van der Waals surface area contributed by atoms with Crippen molar-refractivity contribution in [2.24, 2.45) is 0 Å². The first-order valence-electron chi connectivity index (χ1n) is 11.2. The van der Waals surface area contributed by atoms with Crippen LogP contribution in [0.4, 0.5) is 5.69 Å². The molecule has 2 fully saturated rings. The van der Waals surface area contributed by atoms with Crippen molar-refractivity contribution in [2.75, 3.05) is 44.7 Å². The molecule has 6 heteroatoms. The van der Waals surface area contributed by atoms with Crippen LogP contribution in [0.25, 0.3) is 10.9 Å². The van der Waals surface area contributed by atoms with Crippen LogP contribution in [-0.2, 0) is 5.41 Å². The number of nitrogens with zero attached hydrogens (tertiary/aromatic N) is 2. The minimum atomic E-state index is 0.0318. The van der Waals surface area contributed by atoms with Gasteiger partial charge in [0.05, 0.1) is 7.11 Å². The van der Waals surface area contributed by atoms with Gasteiger partial charge in [-0.05, 0) is 55.8 Å². The van der Waals surface area contributed by atoms with Gasteiger partial charge < -0.3 is 19.9 Å². The first-order chi connectivity index (χ1) is 15.2. The van der Waals surface area contributed by atoms with Crippen molar-refractivity contribution in [2.45, 2.75) is 24.3 Å². The Hall–Kier alpha value is -2.83. The minimum Gasteiger partial charge on any atom is -0.497 e. The summed E-state index contributed by atoms with van der Waals surface area (Å²) in [4.78, 5) is 21.6. The van der Waals surface area contributed by atoms with Crippen molar-refractivity contribution < 1.29 is 9.53 Å². The molecule has 3 aromatic rings. The molecular formula is C25H28N4O2. The second-order valence-corrected chi connectivity index (χ2v) is 9.19. The summed E-state index contributed by atoms with van der Waals surface area (Å²) in [5, 5.41) is 4.52. The number of hydrogen-bond acceptors (Lipinski definition) is 4. The lowest BCUT2D eigenvalue weighted by Crippen LogP contribution is -2.41. The van der Waals surface area contributed by atoms with Crippen molar-refractivity contribution in [3.05, 3.63) is 59.8 Å². The monoisotopic (exact) mass is 416 g/mol. The summed E-state index contributed by atoms with van der Waals surface area (Å²) < 4.78 is 5.33. The number of ether oxygens (including phenoxy) is 1. The first-order valence-corrected chi connectivity index (χ1v) is 11.2. The predicted octanol–water partition coefficient (Wildman–Crippen LogP) is 3.14. The number of anilines is 1. The van der Waals surface area contributed by atoms with Gasteiger partial charge in [0.25, 0.3) is 5.91 Å². The number of amides is 1. The lowest BCUT2D eigenvalue weighted by atomic mass is 9.81. The largest absolute Gasteiger partial charge is 0.497 e. The molecule has 3 aliphatic heterocycles. The molecule has 31 heavy (non-hydrogen) atoms. The van der Waals surface area contributed by atoms with Crippen LogP contribution in [0.5, 0.6) is 5.75 Å². The lowest BCUT2D eigenvalue weighted by molar-refractivity contribution is 0.0980. The highest BCUT2D eigenvalue weighted by Gasteiger charge is 2.50. The maximum atomic E-state index is 13.7. The van der Waals surface area contributed by atoms with Crippen LogP contribution in [-0.4, -0.2) is 61.7 Å². The van der Waals surface area contributed by atoms with E-state index in [0.717, 1.165) is 61.5 Å². The van der Waals surface area contributed by atoms with Gasteiger partial charge in [-0.15, -0.1) is 0 Å². The Bertz CT molecular complexity index is 1150. The number of H-pyrrole nitrogens is 1. The number of carbonyl (C=O) groups is 1. The minimum absolute atomic E-state index is 0.0318. The standard InChI is InChI=1S/C25H28N4O2/c1-31-19-7-6-17-12-22(27-21(17)13-19)24(30)29-16-25(20-4-2-3-5-23(20)29)9-11-28(15-25)18-8-10-26-14-18/h2-7,12-13,18,26-27H,8-11,14-16H2,1H3/t18?,25-/m1/s1. The highest BCUT2D eigenvalue weighted by Crippen LogP contribution is 2.47. The number of benzene rings is 2. The Kier molecular flexibility index (Phi) is 4.33.